The van der Waals surface area contributed by atoms with Crippen LogP contribution >= 0.6 is 0 Å². The number of alkyl halides is 7. The fourth-order valence-electron chi connectivity index (χ4n) is 9.07. The molecule has 19 heteroatoms. The Morgan fingerprint density at radius 2 is 1.65 bits per heavy atom. The molecule has 1 N–H and O–H groups in total. The molecule has 4 aliphatic heterocycles. The summed E-state index contributed by atoms with van der Waals surface area (Å²) in [6.07, 6.45) is -6.30. The van der Waals surface area contributed by atoms with Crippen molar-refractivity contribution in [1.82, 2.24) is 15.1 Å². The van der Waals surface area contributed by atoms with E-state index in [1.165, 1.54) is 21.1 Å². The SMILES string of the molecule is COCOc1c(OC)c(C)cc2c1[C@@H]1C3Cc4c(OC(=O)C(F)(F)C(F)(F)C(F)(F)F)c(C)c5c(c4[C@H](CNC(=O)CCc4ccccc4)N3[C@@H](C#N)[C@H](C2)N1C)OCO5. The van der Waals surface area contributed by atoms with Crippen molar-refractivity contribution in [3.8, 4) is 34.8 Å². The van der Waals surface area contributed by atoms with Gasteiger partial charge in [-0.1, -0.05) is 36.4 Å². The van der Waals surface area contributed by atoms with Crippen LogP contribution < -0.4 is 29.0 Å². The molecular weight excluding hydrogens is 809 g/mol. The highest BCUT2D eigenvalue weighted by molar-refractivity contribution is 5.83. The third kappa shape index (κ3) is 6.91. The second kappa shape index (κ2) is 15.9. The Kier molecular flexibility index (Phi) is 11.4. The van der Waals surface area contributed by atoms with Gasteiger partial charge in [0, 0.05) is 54.4 Å². The summed E-state index contributed by atoms with van der Waals surface area (Å²) < 4.78 is 132. The van der Waals surface area contributed by atoms with Crippen LogP contribution in [0.15, 0.2) is 36.4 Å². The van der Waals surface area contributed by atoms with Crippen molar-refractivity contribution in [2.75, 3.05) is 41.4 Å². The normalized spacial score (nSPS) is 22.2. The van der Waals surface area contributed by atoms with Gasteiger partial charge in [-0.25, -0.2) is 4.79 Å². The summed E-state index contributed by atoms with van der Waals surface area (Å²) in [6, 6.07) is 9.49. The molecule has 0 spiro atoms. The minimum atomic E-state index is -6.81. The van der Waals surface area contributed by atoms with Crippen LogP contribution in [0.5, 0.6) is 28.7 Å². The molecule has 0 radical (unpaired) electrons. The van der Waals surface area contributed by atoms with E-state index in [0.29, 0.717) is 29.9 Å². The number of esters is 1. The van der Waals surface area contributed by atoms with Crippen molar-refractivity contribution in [2.24, 2.45) is 0 Å². The van der Waals surface area contributed by atoms with Crippen molar-refractivity contribution < 1.29 is 68.7 Å². The lowest BCUT2D eigenvalue weighted by atomic mass is 9.71. The molecule has 2 bridgehead atoms. The summed E-state index contributed by atoms with van der Waals surface area (Å²) in [5, 5.41) is 13.9. The average molecular weight is 851 g/mol. The van der Waals surface area contributed by atoms with Crippen LogP contribution in [0, 0.1) is 25.2 Å². The average Bonchev–Trinajstić information content (AvgIpc) is 3.70. The van der Waals surface area contributed by atoms with Gasteiger partial charge in [-0.05, 0) is 56.8 Å². The lowest BCUT2D eigenvalue weighted by Gasteiger charge is -2.60. The zero-order valence-corrected chi connectivity index (χ0v) is 33.1. The fourth-order valence-corrected chi connectivity index (χ4v) is 9.07. The Balaban J connectivity index is 1.41. The number of piperazine rings is 1. The third-order valence-corrected chi connectivity index (χ3v) is 11.7. The van der Waals surface area contributed by atoms with Crippen LogP contribution in [-0.4, -0.2) is 99.2 Å². The third-order valence-electron chi connectivity index (χ3n) is 11.7. The number of fused-ring (bicyclic) bond motifs is 9. The summed E-state index contributed by atoms with van der Waals surface area (Å²) in [6.45, 7) is 2.22. The molecule has 1 unspecified atom stereocenters. The largest absolute Gasteiger partial charge is 0.493 e. The van der Waals surface area contributed by atoms with Crippen LogP contribution in [0.4, 0.5) is 30.7 Å². The number of methoxy groups -OCH3 is 2. The van der Waals surface area contributed by atoms with E-state index in [-0.39, 0.29) is 54.4 Å². The van der Waals surface area contributed by atoms with Crippen molar-refractivity contribution in [2.45, 2.75) is 87.8 Å². The summed E-state index contributed by atoms with van der Waals surface area (Å²) in [4.78, 5) is 30.3. The predicted molar refractivity (Wildman–Crippen MR) is 196 cm³/mol. The van der Waals surface area contributed by atoms with E-state index in [2.05, 4.69) is 11.4 Å². The predicted octanol–water partition coefficient (Wildman–Crippen LogP) is 6.28. The van der Waals surface area contributed by atoms with Gasteiger partial charge in [-0.3, -0.25) is 14.6 Å². The maximum atomic E-state index is 15.0. The minimum absolute atomic E-state index is 0.0410. The zero-order valence-electron chi connectivity index (χ0n) is 33.1. The van der Waals surface area contributed by atoms with E-state index in [1.807, 2.05) is 53.1 Å². The fraction of sp³-hybridized carbons (Fsp3) is 0.488. The van der Waals surface area contributed by atoms with E-state index in [0.717, 1.165) is 16.7 Å². The lowest BCUT2D eigenvalue weighted by Crippen LogP contribution is -2.68. The molecule has 12 nitrogen and oxygen atoms in total. The molecule has 3 aromatic rings. The number of nitrogens with one attached hydrogen (secondary N) is 1. The van der Waals surface area contributed by atoms with Gasteiger partial charge in [0.2, 0.25) is 12.7 Å². The van der Waals surface area contributed by atoms with Crippen molar-refractivity contribution >= 4 is 11.9 Å². The Hall–Kier alpha value is -5.32. The molecule has 0 aromatic heterocycles. The van der Waals surface area contributed by atoms with E-state index in [4.69, 9.17) is 28.4 Å². The molecule has 5 atom stereocenters. The van der Waals surface area contributed by atoms with E-state index in [9.17, 15) is 45.6 Å². The molecule has 3 aromatic carbocycles. The second-order valence-electron chi connectivity index (χ2n) is 15.1. The summed E-state index contributed by atoms with van der Waals surface area (Å²) in [7, 11) is 4.67. The quantitative estimate of drug-likeness (QED) is 0.0957. The molecule has 4 heterocycles. The molecule has 7 rings (SSSR count). The number of likely N-dealkylation sites (N-methyl/N-ethyl adjacent to an activating group) is 1. The Morgan fingerprint density at radius 1 is 0.950 bits per heavy atom. The van der Waals surface area contributed by atoms with E-state index >= 15 is 0 Å². The summed E-state index contributed by atoms with van der Waals surface area (Å²) in [5.41, 5.74) is 2.89. The molecule has 1 saturated heterocycles. The maximum absolute atomic E-state index is 15.0. The maximum Gasteiger partial charge on any atom is 0.460 e. The second-order valence-corrected chi connectivity index (χ2v) is 15.1. The molecule has 322 valence electrons. The van der Waals surface area contributed by atoms with Crippen molar-refractivity contribution in [3.63, 3.8) is 0 Å². The number of nitrogens with zero attached hydrogens (tertiary/aromatic N) is 3. The standard InChI is InChI=1S/C41H41F7N4O8/c1-20-13-23-14-25-27(16-49)52-26(32(51(25)3)30(23)36(33(20)56-5)57-18-55-4)15-24-31(28(52)17-50-29(53)12-11-22-9-7-6-8-10-22)37-35(58-19-59-37)21(2)34(24)60-38(54)39(42,43)40(44,45)41(46,47)48/h6-10,13,25-28,32H,11-12,14-15,17-19H2,1-5H3,(H,50,53)/t25-,26?,27-,28-,32-/m0/s1. The highest BCUT2D eigenvalue weighted by atomic mass is 19.4. The number of rotatable bonds is 12. The molecule has 1 amide bonds. The molecule has 60 heavy (non-hydrogen) atoms. The zero-order chi connectivity index (χ0) is 43.5. The Labute approximate surface area is 340 Å². The molecule has 1 fully saturated rings. The lowest BCUT2D eigenvalue weighted by molar-refractivity contribution is -0.346. The smallest absolute Gasteiger partial charge is 0.460 e. The first-order chi connectivity index (χ1) is 28.4. The molecular formula is C41H41F7N4O8. The van der Waals surface area contributed by atoms with E-state index < -0.39 is 72.6 Å². The van der Waals surface area contributed by atoms with Gasteiger partial charge in [0.25, 0.3) is 0 Å². The Bertz CT molecular complexity index is 2220. The topological polar surface area (TPSA) is 132 Å². The number of carbonyl (C=O) groups is 2. The summed E-state index contributed by atoms with van der Waals surface area (Å²) >= 11 is 0. The molecule has 4 aliphatic rings. The first-order valence-electron chi connectivity index (χ1n) is 18.9. The van der Waals surface area contributed by atoms with Gasteiger partial charge >= 0.3 is 24.0 Å². The van der Waals surface area contributed by atoms with Gasteiger partial charge in [0.1, 0.15) is 11.8 Å². The number of amides is 1. The van der Waals surface area contributed by atoms with Crippen LogP contribution in [0.3, 0.4) is 0 Å². The number of carbonyl (C=O) groups excluding carboxylic acids is 2. The number of aryl methyl sites for hydroxylation is 2. The summed E-state index contributed by atoms with van der Waals surface area (Å²) in [5.74, 6) is -16.9. The number of benzene rings is 3. The van der Waals surface area contributed by atoms with Gasteiger partial charge in [-0.2, -0.15) is 36.0 Å². The van der Waals surface area contributed by atoms with Gasteiger partial charge in [0.15, 0.2) is 29.8 Å². The molecule has 0 aliphatic carbocycles. The van der Waals surface area contributed by atoms with Crippen molar-refractivity contribution in [3.05, 3.63) is 75.3 Å². The minimum Gasteiger partial charge on any atom is -0.493 e. The van der Waals surface area contributed by atoms with Gasteiger partial charge < -0.3 is 33.7 Å². The van der Waals surface area contributed by atoms with Crippen LogP contribution in [-0.2, 0) is 33.6 Å². The van der Waals surface area contributed by atoms with Gasteiger partial charge in [-0.15, -0.1) is 0 Å². The van der Waals surface area contributed by atoms with Crippen LogP contribution in [0.25, 0.3) is 0 Å². The number of hydrogen-bond acceptors (Lipinski definition) is 11. The van der Waals surface area contributed by atoms with Crippen molar-refractivity contribution in [1.29, 1.82) is 5.26 Å². The molecule has 0 saturated carbocycles. The number of halogens is 7. The Morgan fingerprint density at radius 3 is 2.30 bits per heavy atom. The number of hydrogen-bond donors (Lipinski definition) is 1. The highest BCUT2D eigenvalue weighted by Gasteiger charge is 2.77. The van der Waals surface area contributed by atoms with E-state index in [1.54, 1.807) is 7.05 Å². The van der Waals surface area contributed by atoms with Crippen LogP contribution in [0.2, 0.25) is 0 Å². The van der Waals surface area contributed by atoms with Crippen LogP contribution in [0.1, 0.15) is 57.4 Å². The first kappa shape index (κ1) is 42.8. The monoisotopic (exact) mass is 850 g/mol. The number of ether oxygens (including phenoxy) is 6. The van der Waals surface area contributed by atoms with Gasteiger partial charge in [0.05, 0.1) is 25.3 Å². The number of nitriles is 1. The first-order valence-corrected chi connectivity index (χ1v) is 18.9. The highest BCUT2D eigenvalue weighted by Crippen LogP contribution is 2.59.